The number of aromatic nitrogens is 1. The van der Waals surface area contributed by atoms with Gasteiger partial charge in [-0.1, -0.05) is 0 Å². The van der Waals surface area contributed by atoms with E-state index in [-0.39, 0.29) is 4.88 Å². The summed E-state index contributed by atoms with van der Waals surface area (Å²) in [6, 6.07) is 8.29. The Morgan fingerprint density at radius 3 is 2.73 bits per heavy atom. The van der Waals surface area contributed by atoms with Gasteiger partial charge in [0.05, 0.1) is 34.0 Å². The van der Waals surface area contributed by atoms with Crippen LogP contribution < -0.4 is 4.90 Å². The number of carboxylic acids is 1. The van der Waals surface area contributed by atoms with E-state index in [1.54, 1.807) is 6.92 Å². The van der Waals surface area contributed by atoms with Gasteiger partial charge in [-0.05, 0) is 30.5 Å². The Morgan fingerprint density at radius 1 is 1.31 bits per heavy atom. The summed E-state index contributed by atoms with van der Waals surface area (Å²) in [6.07, 6.45) is 0. The number of hydrogen-bond acceptors (Lipinski definition) is 7. The van der Waals surface area contributed by atoms with E-state index in [0.717, 1.165) is 33.7 Å². The van der Waals surface area contributed by atoms with E-state index < -0.39 is 5.97 Å². The van der Waals surface area contributed by atoms with Crippen LogP contribution in [0, 0.1) is 18.3 Å². The molecule has 3 aromatic rings. The lowest BCUT2D eigenvalue weighted by Crippen LogP contribution is -2.36. The summed E-state index contributed by atoms with van der Waals surface area (Å²) in [5.41, 5.74) is 2.17. The van der Waals surface area contributed by atoms with Crippen molar-refractivity contribution >= 4 is 44.4 Å². The van der Waals surface area contributed by atoms with E-state index in [2.05, 4.69) is 22.0 Å². The Morgan fingerprint density at radius 2 is 2.08 bits per heavy atom. The standard InChI is InChI=1S/C18H15N3O3S2/c1-10-15(18(22)23)26-17(20-10)14-8-11-6-13(21-2-4-24-5-3-21)7-12(9-19)16(11)25-14/h6-8H,2-5H2,1H3,(H,22,23). The van der Waals surface area contributed by atoms with Gasteiger partial charge in [-0.15, -0.1) is 22.7 Å². The van der Waals surface area contributed by atoms with Crippen molar-refractivity contribution in [2.75, 3.05) is 31.2 Å². The number of anilines is 1. The summed E-state index contributed by atoms with van der Waals surface area (Å²) in [5.74, 6) is -0.959. The molecule has 0 radical (unpaired) electrons. The van der Waals surface area contributed by atoms with Crippen molar-refractivity contribution < 1.29 is 14.6 Å². The highest BCUT2D eigenvalue weighted by Gasteiger charge is 2.19. The summed E-state index contributed by atoms with van der Waals surface area (Å²) in [6.45, 7) is 4.69. The van der Waals surface area contributed by atoms with Gasteiger partial charge in [-0.2, -0.15) is 5.26 Å². The highest BCUT2D eigenvalue weighted by Crippen LogP contribution is 2.39. The van der Waals surface area contributed by atoms with E-state index in [1.165, 1.54) is 22.7 Å². The van der Waals surface area contributed by atoms with Crippen LogP contribution >= 0.6 is 22.7 Å². The second kappa shape index (κ2) is 6.68. The normalized spacial score (nSPS) is 14.5. The van der Waals surface area contributed by atoms with Crippen LogP contribution in [-0.2, 0) is 4.74 Å². The van der Waals surface area contributed by atoms with Crippen LogP contribution in [0.2, 0.25) is 0 Å². The van der Waals surface area contributed by atoms with Crippen LogP contribution in [0.1, 0.15) is 20.9 Å². The van der Waals surface area contributed by atoms with Gasteiger partial charge < -0.3 is 14.7 Å². The molecule has 1 fully saturated rings. The fourth-order valence-corrected chi connectivity index (χ4v) is 5.09. The molecule has 1 N–H and O–H groups in total. The number of thiazole rings is 1. The number of nitriles is 1. The first kappa shape index (κ1) is 17.0. The van der Waals surface area contributed by atoms with Gasteiger partial charge >= 0.3 is 5.97 Å². The topological polar surface area (TPSA) is 86.5 Å². The maximum atomic E-state index is 11.3. The number of nitrogens with zero attached hydrogens (tertiary/aromatic N) is 3. The van der Waals surface area contributed by atoms with Crippen molar-refractivity contribution in [2.24, 2.45) is 0 Å². The molecule has 1 saturated heterocycles. The minimum absolute atomic E-state index is 0.256. The molecule has 132 valence electrons. The van der Waals surface area contributed by atoms with Crippen molar-refractivity contribution in [1.82, 2.24) is 4.98 Å². The molecule has 1 aromatic carbocycles. The van der Waals surface area contributed by atoms with Crippen molar-refractivity contribution in [3.63, 3.8) is 0 Å². The summed E-state index contributed by atoms with van der Waals surface area (Å²) >= 11 is 2.65. The Bertz CT molecular complexity index is 1040. The molecular weight excluding hydrogens is 370 g/mol. The molecule has 1 aliphatic rings. The Hall–Kier alpha value is -2.47. The molecule has 0 saturated carbocycles. The number of ether oxygens (including phenoxy) is 1. The Kier molecular flexibility index (Phi) is 4.36. The first-order valence-corrected chi connectivity index (χ1v) is 9.71. The van der Waals surface area contributed by atoms with Gasteiger partial charge in [0.15, 0.2) is 0 Å². The molecular formula is C18H15N3O3S2. The van der Waals surface area contributed by atoms with Gasteiger partial charge in [-0.3, -0.25) is 0 Å². The number of fused-ring (bicyclic) bond motifs is 1. The quantitative estimate of drug-likeness (QED) is 0.739. The van der Waals surface area contributed by atoms with Gasteiger partial charge in [0.25, 0.3) is 0 Å². The largest absolute Gasteiger partial charge is 0.477 e. The minimum Gasteiger partial charge on any atom is -0.477 e. The highest BCUT2D eigenvalue weighted by molar-refractivity contribution is 7.26. The predicted molar refractivity (Wildman–Crippen MR) is 102 cm³/mol. The van der Waals surface area contributed by atoms with E-state index in [1.807, 2.05) is 12.1 Å². The maximum Gasteiger partial charge on any atom is 0.347 e. The average Bonchev–Trinajstić information content (AvgIpc) is 3.25. The van der Waals surface area contributed by atoms with E-state index >= 15 is 0 Å². The van der Waals surface area contributed by atoms with Crippen LogP contribution in [0.4, 0.5) is 5.69 Å². The smallest absolute Gasteiger partial charge is 0.347 e. The minimum atomic E-state index is -0.959. The summed E-state index contributed by atoms with van der Waals surface area (Å²) in [4.78, 5) is 19.0. The number of carboxylic acid groups (broad SMARTS) is 1. The number of carbonyl (C=O) groups is 1. The number of aryl methyl sites for hydroxylation is 1. The van der Waals surface area contributed by atoms with Crippen molar-refractivity contribution in [3.05, 3.63) is 34.3 Å². The number of morpholine rings is 1. The van der Waals surface area contributed by atoms with Crippen molar-refractivity contribution in [3.8, 4) is 16.0 Å². The van der Waals surface area contributed by atoms with Gasteiger partial charge in [0, 0.05) is 18.8 Å². The third-order valence-electron chi connectivity index (χ3n) is 4.30. The number of aromatic carboxylic acids is 1. The summed E-state index contributed by atoms with van der Waals surface area (Å²) in [5, 5.41) is 20.5. The fraction of sp³-hybridized carbons (Fsp3) is 0.278. The first-order chi connectivity index (χ1) is 12.6. The lowest BCUT2D eigenvalue weighted by Gasteiger charge is -2.29. The molecule has 0 atom stereocenters. The van der Waals surface area contributed by atoms with Crippen LogP contribution in [0.3, 0.4) is 0 Å². The Balaban J connectivity index is 1.80. The number of thiophene rings is 1. The van der Waals surface area contributed by atoms with Crippen LogP contribution in [-0.4, -0.2) is 42.4 Å². The monoisotopic (exact) mass is 385 g/mol. The van der Waals surface area contributed by atoms with Gasteiger partial charge in [0.2, 0.25) is 0 Å². The number of rotatable bonds is 3. The van der Waals surface area contributed by atoms with Crippen molar-refractivity contribution in [2.45, 2.75) is 6.92 Å². The van der Waals surface area contributed by atoms with Crippen molar-refractivity contribution in [1.29, 1.82) is 5.26 Å². The SMILES string of the molecule is Cc1nc(-c2cc3cc(N4CCOCC4)cc(C#N)c3s2)sc1C(=O)O. The van der Waals surface area contributed by atoms with E-state index in [9.17, 15) is 15.2 Å². The first-order valence-electron chi connectivity index (χ1n) is 8.08. The molecule has 4 rings (SSSR count). The number of hydrogen-bond donors (Lipinski definition) is 1. The van der Waals surface area contributed by atoms with Gasteiger partial charge in [0.1, 0.15) is 16.0 Å². The zero-order valence-corrected chi connectivity index (χ0v) is 15.6. The van der Waals surface area contributed by atoms with E-state index in [4.69, 9.17) is 4.74 Å². The molecule has 3 heterocycles. The maximum absolute atomic E-state index is 11.3. The summed E-state index contributed by atoms with van der Waals surface area (Å²) < 4.78 is 6.31. The second-order valence-electron chi connectivity index (χ2n) is 5.97. The van der Waals surface area contributed by atoms with E-state index in [0.29, 0.717) is 29.5 Å². The average molecular weight is 385 g/mol. The lowest BCUT2D eigenvalue weighted by molar-refractivity contribution is 0.0701. The molecule has 6 nitrogen and oxygen atoms in total. The molecule has 8 heteroatoms. The fourth-order valence-electron chi connectivity index (χ4n) is 3.03. The Labute approximate surface area is 157 Å². The molecule has 0 aliphatic carbocycles. The lowest BCUT2D eigenvalue weighted by atomic mass is 10.1. The third kappa shape index (κ3) is 2.94. The molecule has 1 aliphatic heterocycles. The number of benzene rings is 1. The second-order valence-corrected chi connectivity index (χ2v) is 8.02. The highest BCUT2D eigenvalue weighted by atomic mass is 32.1. The molecule has 0 unspecified atom stereocenters. The predicted octanol–water partition coefficient (Wildman–Crippen LogP) is 3.74. The van der Waals surface area contributed by atoms with Gasteiger partial charge in [-0.25, -0.2) is 9.78 Å². The molecule has 0 amide bonds. The van der Waals surface area contributed by atoms with Crippen LogP contribution in [0.5, 0.6) is 0 Å². The van der Waals surface area contributed by atoms with Crippen LogP contribution in [0.25, 0.3) is 20.0 Å². The molecule has 26 heavy (non-hydrogen) atoms. The zero-order valence-electron chi connectivity index (χ0n) is 14.0. The molecule has 0 spiro atoms. The third-order valence-corrected chi connectivity index (χ3v) is 6.80. The zero-order chi connectivity index (χ0) is 18.3. The molecule has 0 bridgehead atoms. The van der Waals surface area contributed by atoms with Crippen LogP contribution in [0.15, 0.2) is 18.2 Å². The summed E-state index contributed by atoms with van der Waals surface area (Å²) in [7, 11) is 0. The molecule has 2 aromatic heterocycles.